The van der Waals surface area contributed by atoms with E-state index in [0.717, 1.165) is 46.2 Å². The SMILES string of the molecule is COc1cc2c(cc1OC)[C@H]1CCCC[C@H]1N=C2c1c(C)noc1C. The van der Waals surface area contributed by atoms with E-state index in [9.17, 15) is 0 Å². The quantitative estimate of drug-likeness (QED) is 0.841. The summed E-state index contributed by atoms with van der Waals surface area (Å²) < 4.78 is 16.5. The summed E-state index contributed by atoms with van der Waals surface area (Å²) in [6.45, 7) is 3.92. The standard InChI is InChI=1S/C20H24N2O3/c1-11-19(12(2)25-22-11)20-15-10-18(24-4)17(23-3)9-14(15)13-7-5-6-8-16(13)21-20/h9-10,13,16H,5-8H2,1-4H3/t13-,16-/m1/s1. The van der Waals surface area contributed by atoms with Crippen molar-refractivity contribution in [2.75, 3.05) is 14.2 Å². The maximum atomic E-state index is 5.56. The lowest BCUT2D eigenvalue weighted by atomic mass is 9.75. The van der Waals surface area contributed by atoms with Crippen molar-refractivity contribution in [1.29, 1.82) is 0 Å². The third-order valence-electron chi connectivity index (χ3n) is 5.50. The van der Waals surface area contributed by atoms with E-state index in [0.29, 0.717) is 12.0 Å². The van der Waals surface area contributed by atoms with Gasteiger partial charge in [-0.15, -0.1) is 0 Å². The largest absolute Gasteiger partial charge is 0.493 e. The highest BCUT2D eigenvalue weighted by atomic mass is 16.5. The number of hydrogen-bond acceptors (Lipinski definition) is 5. The van der Waals surface area contributed by atoms with Gasteiger partial charge in [-0.3, -0.25) is 4.99 Å². The van der Waals surface area contributed by atoms with Crippen molar-refractivity contribution < 1.29 is 14.0 Å². The number of ether oxygens (including phenoxy) is 2. The lowest BCUT2D eigenvalue weighted by Crippen LogP contribution is -2.30. The van der Waals surface area contributed by atoms with Crippen molar-refractivity contribution in [2.45, 2.75) is 51.5 Å². The van der Waals surface area contributed by atoms with Crippen LogP contribution in [0.5, 0.6) is 11.5 Å². The second kappa shape index (κ2) is 6.21. The van der Waals surface area contributed by atoms with E-state index in [2.05, 4.69) is 17.3 Å². The molecule has 25 heavy (non-hydrogen) atoms. The van der Waals surface area contributed by atoms with E-state index in [1.54, 1.807) is 14.2 Å². The van der Waals surface area contributed by atoms with Crippen molar-refractivity contribution in [1.82, 2.24) is 5.16 Å². The molecule has 2 aliphatic rings. The lowest BCUT2D eigenvalue weighted by molar-refractivity contribution is 0.349. The first-order valence-corrected chi connectivity index (χ1v) is 8.91. The Labute approximate surface area is 148 Å². The van der Waals surface area contributed by atoms with Gasteiger partial charge in [0.25, 0.3) is 0 Å². The molecule has 0 N–H and O–H groups in total. The number of rotatable bonds is 3. The summed E-state index contributed by atoms with van der Waals surface area (Å²) in [5, 5.41) is 4.13. The summed E-state index contributed by atoms with van der Waals surface area (Å²) in [6, 6.07) is 4.52. The summed E-state index contributed by atoms with van der Waals surface area (Å²) in [5.41, 5.74) is 5.31. The van der Waals surface area contributed by atoms with Crippen LogP contribution < -0.4 is 9.47 Å². The molecule has 0 bridgehead atoms. The van der Waals surface area contributed by atoms with Gasteiger partial charge in [0.05, 0.1) is 37.2 Å². The van der Waals surface area contributed by atoms with Crippen molar-refractivity contribution in [3.05, 3.63) is 40.3 Å². The van der Waals surface area contributed by atoms with E-state index in [4.69, 9.17) is 19.0 Å². The Kier molecular flexibility index (Phi) is 4.02. The molecule has 1 aromatic heterocycles. The summed E-state index contributed by atoms with van der Waals surface area (Å²) in [5.74, 6) is 2.78. The van der Waals surface area contributed by atoms with Crippen LogP contribution in [0.3, 0.4) is 0 Å². The van der Waals surface area contributed by atoms with E-state index in [-0.39, 0.29) is 0 Å². The van der Waals surface area contributed by atoms with Crippen molar-refractivity contribution >= 4 is 5.71 Å². The van der Waals surface area contributed by atoms with Crippen LogP contribution in [0.2, 0.25) is 0 Å². The molecule has 1 saturated carbocycles. The summed E-state index contributed by atoms with van der Waals surface area (Å²) in [7, 11) is 3.36. The molecule has 2 aromatic rings. The van der Waals surface area contributed by atoms with Crippen molar-refractivity contribution in [3.8, 4) is 11.5 Å². The van der Waals surface area contributed by atoms with Crippen LogP contribution in [0.4, 0.5) is 0 Å². The van der Waals surface area contributed by atoms with E-state index >= 15 is 0 Å². The molecule has 2 atom stereocenters. The Morgan fingerprint density at radius 2 is 1.76 bits per heavy atom. The number of aryl methyl sites for hydroxylation is 2. The number of methoxy groups -OCH3 is 2. The Morgan fingerprint density at radius 3 is 2.44 bits per heavy atom. The van der Waals surface area contributed by atoms with Gasteiger partial charge in [-0.2, -0.15) is 0 Å². The normalized spacial score (nSPS) is 22.0. The monoisotopic (exact) mass is 340 g/mol. The van der Waals surface area contributed by atoms with Gasteiger partial charge < -0.3 is 14.0 Å². The molecule has 132 valence electrons. The molecule has 1 fully saturated rings. The maximum absolute atomic E-state index is 5.56. The first kappa shape index (κ1) is 16.2. The molecule has 1 aromatic carbocycles. The minimum Gasteiger partial charge on any atom is -0.493 e. The summed E-state index contributed by atoms with van der Waals surface area (Å²) in [6.07, 6.45) is 4.80. The second-order valence-electron chi connectivity index (χ2n) is 6.93. The topological polar surface area (TPSA) is 56.9 Å². The fourth-order valence-electron chi connectivity index (χ4n) is 4.29. The number of hydrogen-bond donors (Lipinski definition) is 0. The molecule has 0 amide bonds. The average Bonchev–Trinajstić information content (AvgIpc) is 2.98. The first-order valence-electron chi connectivity index (χ1n) is 8.91. The number of aromatic nitrogens is 1. The highest BCUT2D eigenvalue weighted by Gasteiger charge is 2.36. The van der Waals surface area contributed by atoms with Crippen LogP contribution in [0.1, 0.15) is 59.7 Å². The molecular weight excluding hydrogens is 316 g/mol. The Morgan fingerprint density at radius 1 is 1.04 bits per heavy atom. The van der Waals surface area contributed by atoms with Crippen LogP contribution in [0, 0.1) is 13.8 Å². The molecule has 1 aliphatic carbocycles. The maximum Gasteiger partial charge on any atom is 0.161 e. The van der Waals surface area contributed by atoms with Crippen LogP contribution in [0.15, 0.2) is 21.6 Å². The molecule has 5 nitrogen and oxygen atoms in total. The third-order valence-corrected chi connectivity index (χ3v) is 5.50. The van der Waals surface area contributed by atoms with Crippen LogP contribution in [-0.2, 0) is 0 Å². The number of fused-ring (bicyclic) bond motifs is 3. The van der Waals surface area contributed by atoms with Gasteiger partial charge in [0.2, 0.25) is 0 Å². The zero-order valence-electron chi connectivity index (χ0n) is 15.3. The molecule has 4 rings (SSSR count). The van der Waals surface area contributed by atoms with Gasteiger partial charge in [-0.25, -0.2) is 0 Å². The lowest BCUT2D eigenvalue weighted by Gasteiger charge is -2.35. The minimum absolute atomic E-state index is 0.322. The Hall–Kier alpha value is -2.30. The Bertz CT molecular complexity index is 818. The fraction of sp³-hybridized carbons (Fsp3) is 0.500. The third kappa shape index (κ3) is 2.53. The zero-order valence-corrected chi connectivity index (χ0v) is 15.3. The van der Waals surface area contributed by atoms with Gasteiger partial charge in [0.15, 0.2) is 11.5 Å². The first-order chi connectivity index (χ1) is 12.1. The molecule has 1 aliphatic heterocycles. The molecule has 0 spiro atoms. The summed E-state index contributed by atoms with van der Waals surface area (Å²) >= 11 is 0. The van der Waals surface area contributed by atoms with Crippen molar-refractivity contribution in [3.63, 3.8) is 0 Å². The molecule has 2 heterocycles. The van der Waals surface area contributed by atoms with Crippen molar-refractivity contribution in [2.24, 2.45) is 4.99 Å². The van der Waals surface area contributed by atoms with Crippen LogP contribution >= 0.6 is 0 Å². The van der Waals surface area contributed by atoms with E-state index in [1.807, 2.05) is 13.8 Å². The molecule has 0 unspecified atom stereocenters. The highest BCUT2D eigenvalue weighted by molar-refractivity contribution is 6.16. The summed E-state index contributed by atoms with van der Waals surface area (Å²) in [4.78, 5) is 5.16. The van der Waals surface area contributed by atoms with Gasteiger partial charge in [-0.05, 0) is 44.4 Å². The number of nitrogens with zero attached hydrogens (tertiary/aromatic N) is 2. The van der Waals surface area contributed by atoms with Gasteiger partial charge in [0, 0.05) is 11.5 Å². The van der Waals surface area contributed by atoms with Gasteiger partial charge >= 0.3 is 0 Å². The van der Waals surface area contributed by atoms with Gasteiger partial charge in [-0.1, -0.05) is 18.0 Å². The second-order valence-corrected chi connectivity index (χ2v) is 6.93. The Balaban J connectivity index is 1.95. The smallest absolute Gasteiger partial charge is 0.161 e. The molecule has 5 heteroatoms. The van der Waals surface area contributed by atoms with E-state index in [1.165, 1.54) is 24.8 Å². The number of aliphatic imine (C=N–C) groups is 1. The van der Waals surface area contributed by atoms with E-state index < -0.39 is 0 Å². The molecule has 0 saturated heterocycles. The minimum atomic E-state index is 0.322. The zero-order chi connectivity index (χ0) is 17.6. The van der Waals surface area contributed by atoms with Gasteiger partial charge in [0.1, 0.15) is 5.76 Å². The predicted molar refractivity (Wildman–Crippen MR) is 96.2 cm³/mol. The fourth-order valence-corrected chi connectivity index (χ4v) is 4.29. The molecular formula is C20H24N2O3. The average molecular weight is 340 g/mol. The highest BCUT2D eigenvalue weighted by Crippen LogP contribution is 2.45. The van der Waals surface area contributed by atoms with Crippen LogP contribution in [0.25, 0.3) is 0 Å². The molecule has 0 radical (unpaired) electrons. The predicted octanol–water partition coefficient (Wildman–Crippen LogP) is 4.19. The number of benzene rings is 1. The van der Waals surface area contributed by atoms with Crippen LogP contribution in [-0.4, -0.2) is 31.1 Å².